The highest BCUT2D eigenvalue weighted by atomic mass is 16.7. The lowest BCUT2D eigenvalue weighted by atomic mass is 10.1. The topological polar surface area (TPSA) is 46.6 Å². The fourth-order valence-electron chi connectivity index (χ4n) is 0.693. The molecule has 4 heteroatoms. The highest BCUT2D eigenvalue weighted by Crippen LogP contribution is 2.05. The highest BCUT2D eigenvalue weighted by Gasteiger charge is 2.09. The Labute approximate surface area is 72.4 Å². The molecule has 0 saturated carbocycles. The van der Waals surface area contributed by atoms with Crippen LogP contribution >= 0.6 is 0 Å². The number of nitrogens with zero attached hydrogens (tertiary/aromatic N) is 1. The predicted octanol–water partition coefficient (Wildman–Crippen LogP) is 0.969. The predicted molar refractivity (Wildman–Crippen MR) is 44.0 cm³/mol. The number of hydroxylamine groups is 2. The lowest BCUT2D eigenvalue weighted by Gasteiger charge is -2.13. The molecule has 0 aromatic carbocycles. The minimum absolute atomic E-state index is 0.171. The Balaban J connectivity index is 3.63. The zero-order valence-corrected chi connectivity index (χ0v) is 7.74. The van der Waals surface area contributed by atoms with Gasteiger partial charge in [-0.25, -0.2) is 0 Å². The van der Waals surface area contributed by atoms with Gasteiger partial charge in [0.05, 0.1) is 0 Å². The summed E-state index contributed by atoms with van der Waals surface area (Å²) in [4.78, 5) is 25.3. The molecule has 0 unspecified atom stereocenters. The summed E-state index contributed by atoms with van der Waals surface area (Å²) in [5.41, 5.74) is 0. The van der Waals surface area contributed by atoms with Gasteiger partial charge in [0.2, 0.25) is 0 Å². The molecule has 0 bridgehead atoms. The maximum atomic E-state index is 11.1. The average Bonchev–Trinajstić information content (AvgIpc) is 2.00. The lowest BCUT2D eigenvalue weighted by molar-refractivity contribution is -0.181. The number of amides is 1. The summed E-state index contributed by atoms with van der Waals surface area (Å²) in [7, 11) is 1.43. The summed E-state index contributed by atoms with van der Waals surface area (Å²) in [6, 6.07) is 0. The zero-order chi connectivity index (χ0) is 9.56. The second-order valence-electron chi connectivity index (χ2n) is 3.03. The molecular weight excluding hydrogens is 158 g/mol. The Morgan fingerprint density at radius 1 is 1.58 bits per heavy atom. The van der Waals surface area contributed by atoms with Gasteiger partial charge in [-0.2, -0.15) is 5.06 Å². The van der Waals surface area contributed by atoms with E-state index >= 15 is 0 Å². The quantitative estimate of drug-likeness (QED) is 0.459. The van der Waals surface area contributed by atoms with Crippen LogP contribution in [0.25, 0.3) is 0 Å². The van der Waals surface area contributed by atoms with Gasteiger partial charge in [-0.1, -0.05) is 13.8 Å². The molecule has 70 valence electrons. The number of rotatable bonds is 5. The van der Waals surface area contributed by atoms with Crippen LogP contribution in [-0.4, -0.2) is 24.5 Å². The van der Waals surface area contributed by atoms with Crippen molar-refractivity contribution in [2.75, 3.05) is 7.05 Å². The molecule has 0 aliphatic heterocycles. The van der Waals surface area contributed by atoms with Gasteiger partial charge in [0, 0.05) is 13.5 Å². The molecule has 1 amide bonds. The molecule has 0 atom stereocenters. The molecule has 4 nitrogen and oxygen atoms in total. The maximum Gasteiger partial charge on any atom is 0.320 e. The average molecular weight is 173 g/mol. The Bertz CT molecular complexity index is 156. The van der Waals surface area contributed by atoms with Gasteiger partial charge in [0.1, 0.15) is 0 Å². The first-order valence-electron chi connectivity index (χ1n) is 3.95. The molecule has 0 aliphatic rings. The minimum atomic E-state index is -0.171. The second kappa shape index (κ2) is 5.57. The molecule has 0 N–H and O–H groups in total. The summed E-state index contributed by atoms with van der Waals surface area (Å²) in [6.07, 6.45) is 1.23. The van der Waals surface area contributed by atoms with Crippen LogP contribution in [0.2, 0.25) is 0 Å². The van der Waals surface area contributed by atoms with Crippen LogP contribution < -0.4 is 0 Å². The van der Waals surface area contributed by atoms with E-state index in [4.69, 9.17) is 0 Å². The first-order valence-corrected chi connectivity index (χ1v) is 3.95. The van der Waals surface area contributed by atoms with Crippen LogP contribution in [0.4, 0.5) is 0 Å². The first kappa shape index (κ1) is 10.9. The molecule has 0 heterocycles. The second-order valence-corrected chi connectivity index (χ2v) is 3.03. The molecule has 0 spiro atoms. The van der Waals surface area contributed by atoms with Gasteiger partial charge in [-0.05, 0) is 12.3 Å². The van der Waals surface area contributed by atoms with E-state index in [1.165, 1.54) is 7.05 Å². The van der Waals surface area contributed by atoms with Gasteiger partial charge in [-0.15, -0.1) is 0 Å². The highest BCUT2D eigenvalue weighted by molar-refractivity contribution is 5.75. The van der Waals surface area contributed by atoms with Crippen molar-refractivity contribution in [3.8, 4) is 0 Å². The molecule has 0 saturated heterocycles. The summed E-state index contributed by atoms with van der Waals surface area (Å²) in [6.45, 7) is 4.31. The van der Waals surface area contributed by atoms with E-state index in [9.17, 15) is 9.59 Å². The van der Waals surface area contributed by atoms with Gasteiger partial charge in [0.15, 0.2) is 0 Å². The first-order chi connectivity index (χ1) is 5.57. The Hall–Kier alpha value is -1.06. The number of carbonyl (C=O) groups excluding carboxylic acids is 2. The lowest BCUT2D eigenvalue weighted by Crippen LogP contribution is -2.26. The van der Waals surface area contributed by atoms with Crippen LogP contribution in [0.15, 0.2) is 0 Å². The molecular formula is C8H15NO3. The van der Waals surface area contributed by atoms with Crippen molar-refractivity contribution in [3.05, 3.63) is 0 Å². The number of hydrogen-bond acceptors (Lipinski definition) is 3. The van der Waals surface area contributed by atoms with E-state index in [1.807, 2.05) is 13.8 Å². The van der Waals surface area contributed by atoms with Crippen LogP contribution in [0.1, 0.15) is 26.7 Å². The standard InChI is InChI=1S/C8H15NO3/c1-7(2)4-5-8(11)9(3)12-6-10/h6-7H,4-5H2,1-3H3. The van der Waals surface area contributed by atoms with Crippen LogP contribution in [0.5, 0.6) is 0 Å². The van der Waals surface area contributed by atoms with Crippen molar-refractivity contribution >= 4 is 12.4 Å². The van der Waals surface area contributed by atoms with E-state index in [0.717, 1.165) is 11.5 Å². The number of carbonyl (C=O) groups is 2. The third-order valence-electron chi connectivity index (χ3n) is 1.49. The van der Waals surface area contributed by atoms with E-state index in [0.29, 0.717) is 12.3 Å². The van der Waals surface area contributed by atoms with Gasteiger partial charge in [0.25, 0.3) is 5.91 Å². The molecule has 0 aromatic heterocycles. The van der Waals surface area contributed by atoms with E-state index < -0.39 is 0 Å². The Kier molecular flexibility index (Phi) is 5.08. The summed E-state index contributed by atoms with van der Waals surface area (Å²) >= 11 is 0. The van der Waals surface area contributed by atoms with E-state index in [1.54, 1.807) is 0 Å². The molecule has 0 radical (unpaired) electrons. The van der Waals surface area contributed by atoms with Crippen molar-refractivity contribution in [1.29, 1.82) is 0 Å². The van der Waals surface area contributed by atoms with Gasteiger partial charge in [-0.3, -0.25) is 9.59 Å². The normalized spacial score (nSPS) is 9.67. The molecule has 0 aliphatic carbocycles. The van der Waals surface area contributed by atoms with Crippen LogP contribution in [0, 0.1) is 5.92 Å². The number of hydrogen-bond donors (Lipinski definition) is 0. The van der Waals surface area contributed by atoms with E-state index in [-0.39, 0.29) is 12.4 Å². The fraction of sp³-hybridized carbons (Fsp3) is 0.750. The SMILES string of the molecule is CC(C)CCC(=O)N(C)OC=O. The Morgan fingerprint density at radius 3 is 2.58 bits per heavy atom. The molecule has 0 rings (SSSR count). The van der Waals surface area contributed by atoms with Crippen molar-refractivity contribution in [1.82, 2.24) is 5.06 Å². The third kappa shape index (κ3) is 4.71. The fourth-order valence-corrected chi connectivity index (χ4v) is 0.693. The van der Waals surface area contributed by atoms with Crippen molar-refractivity contribution in [3.63, 3.8) is 0 Å². The van der Waals surface area contributed by atoms with Gasteiger partial charge >= 0.3 is 6.47 Å². The smallest absolute Gasteiger partial charge is 0.320 e. The maximum absolute atomic E-state index is 11.1. The minimum Gasteiger partial charge on any atom is -0.342 e. The van der Waals surface area contributed by atoms with Crippen LogP contribution in [0.3, 0.4) is 0 Å². The molecule has 12 heavy (non-hydrogen) atoms. The Morgan fingerprint density at radius 2 is 2.17 bits per heavy atom. The summed E-state index contributed by atoms with van der Waals surface area (Å²) in [5.74, 6) is 0.314. The van der Waals surface area contributed by atoms with Crippen molar-refractivity contribution in [2.45, 2.75) is 26.7 Å². The summed E-state index contributed by atoms with van der Waals surface area (Å²) in [5, 5.41) is 0.954. The van der Waals surface area contributed by atoms with E-state index in [2.05, 4.69) is 4.84 Å². The van der Waals surface area contributed by atoms with Crippen molar-refractivity contribution in [2.24, 2.45) is 5.92 Å². The molecule has 0 aromatic rings. The third-order valence-corrected chi connectivity index (χ3v) is 1.49. The zero-order valence-electron chi connectivity index (χ0n) is 7.74. The largest absolute Gasteiger partial charge is 0.342 e. The van der Waals surface area contributed by atoms with Gasteiger partial charge < -0.3 is 4.84 Å². The molecule has 0 fully saturated rings. The summed E-state index contributed by atoms with van der Waals surface area (Å²) < 4.78 is 0. The van der Waals surface area contributed by atoms with Crippen LogP contribution in [-0.2, 0) is 14.4 Å². The van der Waals surface area contributed by atoms with Crippen molar-refractivity contribution < 1.29 is 14.4 Å². The monoisotopic (exact) mass is 173 g/mol.